The van der Waals surface area contributed by atoms with Crippen LogP contribution < -0.4 is 0 Å². The van der Waals surface area contributed by atoms with Crippen molar-refractivity contribution in [1.82, 2.24) is 4.57 Å². The topological polar surface area (TPSA) is 22.0 Å². The molecule has 0 aliphatic carbocycles. The number of nitrogens with zero attached hydrogens (tertiary/aromatic N) is 1. The highest BCUT2D eigenvalue weighted by Gasteiger charge is 2.14. The number of Topliss-reactive ketones (excluding diaryl/α,β-unsaturated/α-hetero) is 1. The number of aromatic nitrogens is 1. The lowest BCUT2D eigenvalue weighted by Gasteiger charge is -2.08. The Balaban J connectivity index is 2.19. The Hall–Kier alpha value is -2.42. The predicted octanol–water partition coefficient (Wildman–Crippen LogP) is 4.34. The summed E-state index contributed by atoms with van der Waals surface area (Å²) in [4.78, 5) is 11.8. The Morgan fingerprint density at radius 3 is 2.62 bits per heavy atom. The number of hydrogen-bond acceptors (Lipinski definition) is 1. The third-order valence-corrected chi connectivity index (χ3v) is 3.78. The molecule has 0 fully saturated rings. The molecule has 0 spiro atoms. The molecule has 21 heavy (non-hydrogen) atoms. The maximum atomic E-state index is 13.9. The van der Waals surface area contributed by atoms with Crippen molar-refractivity contribution in [2.24, 2.45) is 0 Å². The highest BCUT2D eigenvalue weighted by atomic mass is 19.1. The summed E-state index contributed by atoms with van der Waals surface area (Å²) >= 11 is 0. The summed E-state index contributed by atoms with van der Waals surface area (Å²) in [6.07, 6.45) is 1.83. The van der Waals surface area contributed by atoms with Gasteiger partial charge in [0.15, 0.2) is 5.78 Å². The van der Waals surface area contributed by atoms with Crippen molar-refractivity contribution in [3.63, 3.8) is 0 Å². The van der Waals surface area contributed by atoms with Gasteiger partial charge in [0.05, 0.1) is 12.1 Å². The Bertz CT molecular complexity index is 832. The first-order chi connectivity index (χ1) is 10.1. The van der Waals surface area contributed by atoms with Crippen LogP contribution in [0.4, 0.5) is 4.39 Å². The highest BCUT2D eigenvalue weighted by Crippen LogP contribution is 2.26. The van der Waals surface area contributed by atoms with E-state index in [4.69, 9.17) is 0 Å². The Morgan fingerprint density at radius 1 is 1.14 bits per heavy atom. The Kier molecular flexibility index (Phi) is 3.34. The molecule has 0 saturated heterocycles. The molecule has 2 nitrogen and oxygen atoms in total. The number of carbonyl (C=O) groups excluding carboxylic acids is 1. The number of fused-ring (bicyclic) bond motifs is 1. The fraction of sp³-hybridized carbons (Fsp3) is 0.167. The third-order valence-electron chi connectivity index (χ3n) is 3.78. The summed E-state index contributed by atoms with van der Waals surface area (Å²) in [6.45, 7) is 3.98. The quantitative estimate of drug-likeness (QED) is 0.655. The lowest BCUT2D eigenvalue weighted by atomic mass is 10.1. The molecule has 0 amide bonds. The number of halogens is 1. The average Bonchev–Trinajstić information content (AvgIpc) is 2.82. The van der Waals surface area contributed by atoms with Crippen molar-refractivity contribution >= 4 is 16.7 Å². The van der Waals surface area contributed by atoms with Crippen LogP contribution in [0, 0.1) is 12.7 Å². The molecule has 3 rings (SSSR count). The highest BCUT2D eigenvalue weighted by molar-refractivity contribution is 6.07. The van der Waals surface area contributed by atoms with Crippen LogP contribution in [-0.2, 0) is 6.54 Å². The van der Waals surface area contributed by atoms with E-state index in [0.717, 1.165) is 16.5 Å². The SMILES string of the molecule is CC(=O)c1cn(Cc2ccccc2F)c2c(C)cccc12. The van der Waals surface area contributed by atoms with Gasteiger partial charge in [-0.25, -0.2) is 4.39 Å². The van der Waals surface area contributed by atoms with E-state index in [0.29, 0.717) is 17.7 Å². The second kappa shape index (κ2) is 5.17. The van der Waals surface area contributed by atoms with E-state index in [1.165, 1.54) is 6.07 Å². The average molecular weight is 281 g/mol. The van der Waals surface area contributed by atoms with E-state index < -0.39 is 0 Å². The largest absolute Gasteiger partial charge is 0.342 e. The van der Waals surface area contributed by atoms with Gasteiger partial charge in [-0.3, -0.25) is 4.79 Å². The van der Waals surface area contributed by atoms with Crippen molar-refractivity contribution in [2.45, 2.75) is 20.4 Å². The van der Waals surface area contributed by atoms with Gasteiger partial charge in [-0.15, -0.1) is 0 Å². The summed E-state index contributed by atoms with van der Waals surface area (Å²) in [5.41, 5.74) is 3.38. The number of aryl methyl sites for hydroxylation is 1. The van der Waals surface area contributed by atoms with Crippen molar-refractivity contribution in [1.29, 1.82) is 0 Å². The van der Waals surface area contributed by atoms with E-state index in [-0.39, 0.29) is 11.6 Å². The number of para-hydroxylation sites is 1. The van der Waals surface area contributed by atoms with Crippen molar-refractivity contribution in [3.8, 4) is 0 Å². The fourth-order valence-corrected chi connectivity index (χ4v) is 2.76. The molecule has 1 aromatic heterocycles. The van der Waals surface area contributed by atoms with Gasteiger partial charge in [-0.2, -0.15) is 0 Å². The summed E-state index contributed by atoms with van der Waals surface area (Å²) in [7, 11) is 0. The Labute approximate surface area is 122 Å². The standard InChI is InChI=1S/C18H16FNO/c1-12-6-5-8-15-16(13(2)21)11-20(18(12)15)10-14-7-3-4-9-17(14)19/h3-9,11H,10H2,1-2H3. The molecule has 0 bridgehead atoms. The van der Waals surface area contributed by atoms with Crippen LogP contribution in [0.25, 0.3) is 10.9 Å². The minimum atomic E-state index is -0.225. The van der Waals surface area contributed by atoms with Crippen LogP contribution in [0.5, 0.6) is 0 Å². The third kappa shape index (κ3) is 2.35. The number of benzene rings is 2. The van der Waals surface area contributed by atoms with Gasteiger partial charge in [-0.05, 0) is 25.5 Å². The molecule has 1 heterocycles. The second-order valence-electron chi connectivity index (χ2n) is 5.29. The van der Waals surface area contributed by atoms with E-state index in [1.54, 1.807) is 19.1 Å². The predicted molar refractivity (Wildman–Crippen MR) is 82.2 cm³/mol. The number of hydrogen-bond donors (Lipinski definition) is 0. The lowest BCUT2D eigenvalue weighted by molar-refractivity contribution is 0.101. The van der Waals surface area contributed by atoms with Crippen molar-refractivity contribution in [3.05, 3.63) is 71.2 Å². The first kappa shape index (κ1) is 13.6. The first-order valence-corrected chi connectivity index (χ1v) is 6.90. The molecular formula is C18H16FNO. The van der Waals surface area contributed by atoms with E-state index in [9.17, 15) is 9.18 Å². The van der Waals surface area contributed by atoms with Crippen molar-refractivity contribution < 1.29 is 9.18 Å². The molecule has 0 atom stereocenters. The zero-order valence-corrected chi connectivity index (χ0v) is 12.1. The number of rotatable bonds is 3. The summed E-state index contributed by atoms with van der Waals surface area (Å²) < 4.78 is 15.8. The summed E-state index contributed by atoms with van der Waals surface area (Å²) in [6, 6.07) is 12.6. The Morgan fingerprint density at radius 2 is 1.90 bits per heavy atom. The maximum absolute atomic E-state index is 13.9. The zero-order chi connectivity index (χ0) is 15.0. The number of carbonyl (C=O) groups is 1. The van der Waals surface area contributed by atoms with Crippen LogP contribution in [0.3, 0.4) is 0 Å². The van der Waals surface area contributed by atoms with Gasteiger partial charge in [-0.1, -0.05) is 36.4 Å². The van der Waals surface area contributed by atoms with Gasteiger partial charge >= 0.3 is 0 Å². The van der Waals surface area contributed by atoms with Gasteiger partial charge in [0.25, 0.3) is 0 Å². The fourth-order valence-electron chi connectivity index (χ4n) is 2.76. The molecule has 0 aliphatic heterocycles. The van der Waals surface area contributed by atoms with Gasteiger partial charge in [0.1, 0.15) is 5.82 Å². The molecule has 3 heteroatoms. The summed E-state index contributed by atoms with van der Waals surface area (Å²) in [5.74, 6) is -0.199. The molecular weight excluding hydrogens is 265 g/mol. The second-order valence-corrected chi connectivity index (χ2v) is 5.29. The molecule has 0 N–H and O–H groups in total. The maximum Gasteiger partial charge on any atom is 0.161 e. The first-order valence-electron chi connectivity index (χ1n) is 6.90. The van der Waals surface area contributed by atoms with Crippen LogP contribution in [0.15, 0.2) is 48.7 Å². The van der Waals surface area contributed by atoms with Gasteiger partial charge in [0, 0.05) is 22.7 Å². The zero-order valence-electron chi connectivity index (χ0n) is 12.1. The monoisotopic (exact) mass is 281 g/mol. The van der Waals surface area contributed by atoms with E-state index >= 15 is 0 Å². The van der Waals surface area contributed by atoms with Gasteiger partial charge < -0.3 is 4.57 Å². The minimum Gasteiger partial charge on any atom is -0.342 e. The molecule has 0 saturated carbocycles. The van der Waals surface area contributed by atoms with Crippen molar-refractivity contribution in [2.75, 3.05) is 0 Å². The smallest absolute Gasteiger partial charge is 0.161 e. The molecule has 0 aliphatic rings. The molecule has 2 aromatic carbocycles. The lowest BCUT2D eigenvalue weighted by Crippen LogP contribution is -2.01. The summed E-state index contributed by atoms with van der Waals surface area (Å²) in [5, 5.41) is 0.929. The normalized spacial score (nSPS) is 11.0. The van der Waals surface area contributed by atoms with Crippen LogP contribution in [0.1, 0.15) is 28.4 Å². The number of ketones is 1. The van der Waals surface area contributed by atoms with Gasteiger partial charge in [0.2, 0.25) is 0 Å². The van der Waals surface area contributed by atoms with Crippen LogP contribution >= 0.6 is 0 Å². The van der Waals surface area contributed by atoms with E-state index in [1.807, 2.05) is 42.0 Å². The molecule has 3 aromatic rings. The molecule has 0 unspecified atom stereocenters. The molecule has 106 valence electrons. The van der Waals surface area contributed by atoms with Crippen LogP contribution in [-0.4, -0.2) is 10.4 Å². The van der Waals surface area contributed by atoms with Crippen LogP contribution in [0.2, 0.25) is 0 Å². The van der Waals surface area contributed by atoms with E-state index in [2.05, 4.69) is 0 Å². The molecule has 0 radical (unpaired) electrons. The minimum absolute atomic E-state index is 0.0258.